The first-order chi connectivity index (χ1) is 8.52. The van der Waals surface area contributed by atoms with Crippen LogP contribution in [-0.2, 0) is 6.54 Å². The van der Waals surface area contributed by atoms with Gasteiger partial charge in [-0.1, -0.05) is 17.7 Å². The summed E-state index contributed by atoms with van der Waals surface area (Å²) in [5, 5.41) is 0.624. The first kappa shape index (κ1) is 13.1. The van der Waals surface area contributed by atoms with Gasteiger partial charge in [-0.05, 0) is 60.4 Å². The molecule has 0 fully saturated rings. The lowest BCUT2D eigenvalue weighted by Gasteiger charge is -2.12. The number of aryl methyl sites for hydroxylation is 2. The van der Waals surface area contributed by atoms with Gasteiger partial charge >= 0.3 is 0 Å². The van der Waals surface area contributed by atoms with Crippen LogP contribution in [0, 0.1) is 19.7 Å². The van der Waals surface area contributed by atoms with Gasteiger partial charge in [0.15, 0.2) is 0 Å². The molecule has 0 aromatic heterocycles. The Kier molecular flexibility index (Phi) is 3.69. The molecule has 2 N–H and O–H groups in total. The zero-order valence-electron chi connectivity index (χ0n) is 10.4. The van der Waals surface area contributed by atoms with Crippen LogP contribution in [0.25, 0.3) is 11.1 Å². The summed E-state index contributed by atoms with van der Waals surface area (Å²) in [4.78, 5) is 0. The molecule has 0 spiro atoms. The number of nitrogens with two attached hydrogens (primary N) is 1. The van der Waals surface area contributed by atoms with Crippen molar-refractivity contribution in [1.82, 2.24) is 0 Å². The minimum Gasteiger partial charge on any atom is -0.326 e. The number of hydrogen-bond donors (Lipinski definition) is 1. The zero-order chi connectivity index (χ0) is 13.3. The molecule has 0 aliphatic heterocycles. The molecule has 2 rings (SSSR count). The van der Waals surface area contributed by atoms with Crippen LogP contribution < -0.4 is 5.73 Å². The van der Waals surface area contributed by atoms with E-state index in [2.05, 4.69) is 0 Å². The van der Waals surface area contributed by atoms with Gasteiger partial charge in [0.05, 0.1) is 0 Å². The molecule has 2 aromatic carbocycles. The molecule has 0 heterocycles. The van der Waals surface area contributed by atoms with E-state index in [1.165, 1.54) is 12.1 Å². The van der Waals surface area contributed by atoms with Gasteiger partial charge in [-0.2, -0.15) is 0 Å². The SMILES string of the molecule is Cc1cc(Cl)c(-c2cc(F)ccc2CN)cc1C. The first-order valence-corrected chi connectivity index (χ1v) is 6.16. The van der Waals surface area contributed by atoms with Crippen LogP contribution in [0.3, 0.4) is 0 Å². The molecular weight excluding hydrogens is 249 g/mol. The first-order valence-electron chi connectivity index (χ1n) is 5.78. The molecule has 0 saturated carbocycles. The summed E-state index contributed by atoms with van der Waals surface area (Å²) in [7, 11) is 0. The molecule has 1 nitrogen and oxygen atoms in total. The van der Waals surface area contributed by atoms with E-state index < -0.39 is 0 Å². The fourth-order valence-corrected chi connectivity index (χ4v) is 2.28. The third-order valence-corrected chi connectivity index (χ3v) is 3.48. The predicted molar refractivity (Wildman–Crippen MR) is 74.2 cm³/mol. The van der Waals surface area contributed by atoms with Crippen LogP contribution >= 0.6 is 11.6 Å². The highest BCUT2D eigenvalue weighted by molar-refractivity contribution is 6.33. The topological polar surface area (TPSA) is 26.0 Å². The Morgan fingerprint density at radius 2 is 1.72 bits per heavy atom. The van der Waals surface area contributed by atoms with E-state index in [4.69, 9.17) is 17.3 Å². The third kappa shape index (κ3) is 2.40. The highest BCUT2D eigenvalue weighted by Gasteiger charge is 2.10. The molecule has 0 amide bonds. The van der Waals surface area contributed by atoms with Crippen molar-refractivity contribution in [2.24, 2.45) is 5.73 Å². The minimum absolute atomic E-state index is 0.281. The van der Waals surface area contributed by atoms with Crippen molar-refractivity contribution in [1.29, 1.82) is 0 Å². The normalized spacial score (nSPS) is 10.7. The number of rotatable bonds is 2. The summed E-state index contributed by atoms with van der Waals surface area (Å²) in [6.45, 7) is 4.37. The van der Waals surface area contributed by atoms with E-state index in [1.807, 2.05) is 26.0 Å². The molecule has 0 aliphatic carbocycles. The average Bonchev–Trinajstić information content (AvgIpc) is 2.34. The van der Waals surface area contributed by atoms with E-state index in [9.17, 15) is 4.39 Å². The molecule has 0 unspecified atom stereocenters. The quantitative estimate of drug-likeness (QED) is 0.862. The summed E-state index contributed by atoms with van der Waals surface area (Å²) in [5.74, 6) is -0.281. The number of halogens is 2. The number of benzene rings is 2. The number of hydrogen-bond acceptors (Lipinski definition) is 1. The Morgan fingerprint density at radius 3 is 2.39 bits per heavy atom. The van der Waals surface area contributed by atoms with Crippen LogP contribution in [0.5, 0.6) is 0 Å². The fraction of sp³-hybridized carbons (Fsp3) is 0.200. The smallest absolute Gasteiger partial charge is 0.123 e. The summed E-state index contributed by atoms with van der Waals surface area (Å²) in [6, 6.07) is 8.48. The van der Waals surface area contributed by atoms with Crippen molar-refractivity contribution in [3.05, 3.63) is 57.9 Å². The maximum absolute atomic E-state index is 13.4. The standard InChI is InChI=1S/C15H15ClFN/c1-9-5-14(15(16)6-10(9)2)13-7-12(17)4-3-11(13)8-18/h3-7H,8,18H2,1-2H3. The second-order valence-electron chi connectivity index (χ2n) is 4.42. The average molecular weight is 264 g/mol. The molecule has 3 heteroatoms. The molecule has 0 radical (unpaired) electrons. The van der Waals surface area contributed by atoms with Crippen LogP contribution in [0.2, 0.25) is 5.02 Å². The predicted octanol–water partition coefficient (Wildman–Crippen LogP) is 4.22. The lowest BCUT2D eigenvalue weighted by molar-refractivity contribution is 0.627. The maximum atomic E-state index is 13.4. The Balaban J connectivity index is 2.68. The fourth-order valence-electron chi connectivity index (χ4n) is 1.96. The molecule has 18 heavy (non-hydrogen) atoms. The molecule has 0 atom stereocenters. The second-order valence-corrected chi connectivity index (χ2v) is 4.83. The Hall–Kier alpha value is -1.38. The minimum atomic E-state index is -0.281. The molecule has 0 saturated heterocycles. The Bertz CT molecular complexity index is 593. The van der Waals surface area contributed by atoms with Crippen molar-refractivity contribution in [3.8, 4) is 11.1 Å². The third-order valence-electron chi connectivity index (χ3n) is 3.17. The monoisotopic (exact) mass is 263 g/mol. The van der Waals surface area contributed by atoms with E-state index >= 15 is 0 Å². The summed E-state index contributed by atoms with van der Waals surface area (Å²) >= 11 is 6.25. The van der Waals surface area contributed by atoms with Crippen molar-refractivity contribution in [2.45, 2.75) is 20.4 Å². The Labute approximate surface area is 111 Å². The summed E-state index contributed by atoms with van der Waals surface area (Å²) < 4.78 is 13.4. The van der Waals surface area contributed by atoms with Crippen LogP contribution in [0.15, 0.2) is 30.3 Å². The van der Waals surface area contributed by atoms with Crippen LogP contribution in [-0.4, -0.2) is 0 Å². The lowest BCUT2D eigenvalue weighted by Crippen LogP contribution is -2.00. The van der Waals surface area contributed by atoms with Crippen LogP contribution in [0.4, 0.5) is 4.39 Å². The zero-order valence-corrected chi connectivity index (χ0v) is 11.2. The Morgan fingerprint density at radius 1 is 1.06 bits per heavy atom. The van der Waals surface area contributed by atoms with Gasteiger partial charge in [-0.15, -0.1) is 0 Å². The van der Waals surface area contributed by atoms with Gasteiger partial charge in [-0.25, -0.2) is 4.39 Å². The van der Waals surface area contributed by atoms with E-state index in [-0.39, 0.29) is 5.82 Å². The van der Waals surface area contributed by atoms with Gasteiger partial charge in [0.25, 0.3) is 0 Å². The van der Waals surface area contributed by atoms with E-state index in [0.717, 1.165) is 27.8 Å². The summed E-state index contributed by atoms with van der Waals surface area (Å²) in [6.07, 6.45) is 0. The highest BCUT2D eigenvalue weighted by Crippen LogP contribution is 2.33. The highest BCUT2D eigenvalue weighted by atomic mass is 35.5. The van der Waals surface area contributed by atoms with Crippen molar-refractivity contribution in [3.63, 3.8) is 0 Å². The van der Waals surface area contributed by atoms with Crippen molar-refractivity contribution in [2.75, 3.05) is 0 Å². The second kappa shape index (κ2) is 5.09. The molecule has 0 bridgehead atoms. The van der Waals surface area contributed by atoms with Gasteiger partial charge in [0, 0.05) is 17.1 Å². The van der Waals surface area contributed by atoms with E-state index in [1.54, 1.807) is 6.07 Å². The molecule has 94 valence electrons. The maximum Gasteiger partial charge on any atom is 0.123 e. The largest absolute Gasteiger partial charge is 0.326 e. The molecular formula is C15H15ClFN. The molecule has 2 aromatic rings. The summed E-state index contributed by atoms with van der Waals surface area (Å²) in [5.41, 5.74) is 10.4. The van der Waals surface area contributed by atoms with Gasteiger partial charge in [0.1, 0.15) is 5.82 Å². The van der Waals surface area contributed by atoms with E-state index in [0.29, 0.717) is 11.6 Å². The van der Waals surface area contributed by atoms with Crippen LogP contribution in [0.1, 0.15) is 16.7 Å². The molecule has 0 aliphatic rings. The van der Waals surface area contributed by atoms with Crippen molar-refractivity contribution >= 4 is 11.6 Å². The van der Waals surface area contributed by atoms with Gasteiger partial charge in [0.2, 0.25) is 0 Å². The van der Waals surface area contributed by atoms with Gasteiger partial charge < -0.3 is 5.73 Å². The lowest BCUT2D eigenvalue weighted by atomic mass is 9.96. The van der Waals surface area contributed by atoms with Crippen molar-refractivity contribution < 1.29 is 4.39 Å². The van der Waals surface area contributed by atoms with Gasteiger partial charge in [-0.3, -0.25) is 0 Å².